The van der Waals surface area contributed by atoms with Gasteiger partial charge in [0.2, 0.25) is 10.0 Å². The zero-order chi connectivity index (χ0) is 30.7. The fourth-order valence-electron chi connectivity index (χ4n) is 5.38. The van der Waals surface area contributed by atoms with Crippen molar-refractivity contribution in [1.82, 2.24) is 19.0 Å². The second kappa shape index (κ2) is 12.8. The van der Waals surface area contributed by atoms with Gasteiger partial charge in [-0.3, -0.25) is 9.69 Å². The average molecular weight is 619 g/mol. The maximum absolute atomic E-state index is 13.8. The Morgan fingerprint density at radius 2 is 1.79 bits per heavy atom. The number of carbonyl (C=O) groups is 2. The fraction of sp³-hybridized carbons (Fsp3) is 0.393. The SMILES string of the molecule is COCCNc1cc(CN2CCCC2)ccc1C(=O)Nc1nn(C(=O)O)c2c1CN(S(=O)(=O)c1cc(F)cc(F)c1)CC2. The van der Waals surface area contributed by atoms with Crippen LogP contribution in [0.2, 0.25) is 0 Å². The smallest absolute Gasteiger partial charge is 0.432 e. The monoisotopic (exact) mass is 618 g/mol. The standard InChI is InChI=1S/C28H32F2N6O6S/c1-42-11-7-31-24-12-18(16-34-8-2-3-9-34)4-5-22(24)27(37)32-26-23-17-35(10-6-25(23)36(33-26)28(38)39)43(40,41)21-14-19(29)13-20(30)15-21/h4-5,12-15,31H,2-3,6-11,16-17H2,1H3,(H,38,39)(H,32,33,37). The summed E-state index contributed by atoms with van der Waals surface area (Å²) in [4.78, 5) is 27.3. The number of hydrogen-bond acceptors (Lipinski definition) is 8. The average Bonchev–Trinajstić information content (AvgIpc) is 3.60. The molecule has 2 aliphatic rings. The molecule has 3 heterocycles. The van der Waals surface area contributed by atoms with Gasteiger partial charge in [-0.25, -0.2) is 22.0 Å². The van der Waals surface area contributed by atoms with Gasteiger partial charge in [-0.2, -0.15) is 8.99 Å². The molecule has 2 aromatic carbocycles. The van der Waals surface area contributed by atoms with Gasteiger partial charge < -0.3 is 20.5 Å². The maximum Gasteiger partial charge on any atom is 0.432 e. The number of likely N-dealkylation sites (tertiary alicyclic amines) is 1. The van der Waals surface area contributed by atoms with Crippen molar-refractivity contribution in [2.24, 2.45) is 0 Å². The van der Waals surface area contributed by atoms with Gasteiger partial charge in [-0.15, -0.1) is 5.10 Å². The molecule has 1 fully saturated rings. The van der Waals surface area contributed by atoms with Crippen LogP contribution in [-0.2, 0) is 34.3 Å². The quantitative estimate of drug-likeness (QED) is 0.291. The Kier molecular flexibility index (Phi) is 9.05. The van der Waals surface area contributed by atoms with E-state index in [1.54, 1.807) is 13.2 Å². The Labute approximate surface area is 247 Å². The normalized spacial score (nSPS) is 15.8. The number of nitrogens with one attached hydrogen (secondary N) is 2. The predicted molar refractivity (Wildman–Crippen MR) is 153 cm³/mol. The first-order chi connectivity index (χ1) is 20.6. The van der Waals surface area contributed by atoms with Crippen molar-refractivity contribution in [2.75, 3.05) is 50.5 Å². The molecule has 0 bridgehead atoms. The van der Waals surface area contributed by atoms with Crippen LogP contribution in [0.1, 0.15) is 40.0 Å². The van der Waals surface area contributed by atoms with Crippen LogP contribution >= 0.6 is 0 Å². The Hall–Kier alpha value is -3.92. The zero-order valence-electron chi connectivity index (χ0n) is 23.5. The molecule has 5 rings (SSSR count). The third-order valence-electron chi connectivity index (χ3n) is 7.46. The molecule has 230 valence electrons. The fourth-order valence-corrected chi connectivity index (χ4v) is 6.83. The molecule has 1 amide bonds. The number of carboxylic acid groups (broad SMARTS) is 1. The summed E-state index contributed by atoms with van der Waals surface area (Å²) in [6.45, 7) is 3.04. The first kappa shape index (κ1) is 30.5. The number of hydrogen-bond donors (Lipinski definition) is 3. The van der Waals surface area contributed by atoms with Crippen LogP contribution in [0.3, 0.4) is 0 Å². The van der Waals surface area contributed by atoms with E-state index in [9.17, 15) is 31.9 Å². The van der Waals surface area contributed by atoms with E-state index < -0.39 is 38.6 Å². The topological polar surface area (TPSA) is 146 Å². The largest absolute Gasteiger partial charge is 0.463 e. The summed E-state index contributed by atoms with van der Waals surface area (Å²) in [5.41, 5.74) is 2.21. The minimum atomic E-state index is -4.36. The summed E-state index contributed by atoms with van der Waals surface area (Å²) in [7, 11) is -2.80. The molecular formula is C28H32F2N6O6S. The van der Waals surface area contributed by atoms with E-state index in [0.717, 1.165) is 42.3 Å². The first-order valence-corrected chi connectivity index (χ1v) is 15.2. The summed E-state index contributed by atoms with van der Waals surface area (Å²) in [6.07, 6.45) is 0.819. The molecule has 0 radical (unpaired) electrons. The van der Waals surface area contributed by atoms with Crippen molar-refractivity contribution in [3.63, 3.8) is 0 Å². The summed E-state index contributed by atoms with van der Waals surface area (Å²) in [5.74, 6) is -2.82. The molecule has 1 saturated heterocycles. The molecule has 0 unspecified atom stereocenters. The predicted octanol–water partition coefficient (Wildman–Crippen LogP) is 3.34. The summed E-state index contributed by atoms with van der Waals surface area (Å²) < 4.78 is 61.0. The van der Waals surface area contributed by atoms with Crippen LogP contribution < -0.4 is 10.6 Å². The lowest BCUT2D eigenvalue weighted by Crippen LogP contribution is -2.37. The minimum absolute atomic E-state index is 0.0590. The number of benzene rings is 2. The number of nitrogens with zero attached hydrogens (tertiary/aromatic N) is 4. The van der Waals surface area contributed by atoms with E-state index in [1.807, 2.05) is 12.1 Å². The van der Waals surface area contributed by atoms with Gasteiger partial charge in [-0.05, 0) is 55.8 Å². The van der Waals surface area contributed by atoms with Gasteiger partial charge >= 0.3 is 6.09 Å². The van der Waals surface area contributed by atoms with E-state index in [0.29, 0.717) is 41.7 Å². The van der Waals surface area contributed by atoms with E-state index in [4.69, 9.17) is 4.74 Å². The summed E-state index contributed by atoms with van der Waals surface area (Å²) >= 11 is 0. The number of fused-ring (bicyclic) bond motifs is 1. The molecule has 0 saturated carbocycles. The number of sulfonamides is 1. The van der Waals surface area contributed by atoms with Crippen LogP contribution in [-0.4, -0.2) is 84.4 Å². The van der Waals surface area contributed by atoms with Crippen LogP contribution in [0, 0.1) is 11.6 Å². The van der Waals surface area contributed by atoms with Gasteiger partial charge in [-0.1, -0.05) is 6.07 Å². The molecule has 2 aliphatic heterocycles. The lowest BCUT2D eigenvalue weighted by Gasteiger charge is -2.27. The lowest BCUT2D eigenvalue weighted by molar-refractivity contribution is 0.102. The van der Waals surface area contributed by atoms with E-state index in [2.05, 4.69) is 20.6 Å². The van der Waals surface area contributed by atoms with Crippen molar-refractivity contribution in [1.29, 1.82) is 0 Å². The summed E-state index contributed by atoms with van der Waals surface area (Å²) in [5, 5.41) is 19.7. The molecule has 1 aromatic heterocycles. The zero-order valence-corrected chi connectivity index (χ0v) is 24.3. The number of ether oxygens (including phenoxy) is 1. The molecule has 43 heavy (non-hydrogen) atoms. The number of aromatic nitrogens is 2. The van der Waals surface area contributed by atoms with E-state index >= 15 is 0 Å². The number of anilines is 2. The third kappa shape index (κ3) is 6.69. The Morgan fingerprint density at radius 1 is 1.07 bits per heavy atom. The van der Waals surface area contributed by atoms with Crippen LogP contribution in [0.15, 0.2) is 41.3 Å². The third-order valence-corrected chi connectivity index (χ3v) is 9.29. The molecule has 0 aliphatic carbocycles. The number of halogens is 2. The van der Waals surface area contributed by atoms with E-state index in [1.165, 1.54) is 0 Å². The lowest BCUT2D eigenvalue weighted by atomic mass is 10.1. The highest BCUT2D eigenvalue weighted by Gasteiger charge is 2.35. The number of rotatable bonds is 10. The number of carbonyl (C=O) groups excluding carboxylic acids is 1. The van der Waals surface area contributed by atoms with Crippen molar-refractivity contribution in [2.45, 2.75) is 37.2 Å². The molecule has 3 aromatic rings. The molecule has 0 spiro atoms. The van der Waals surface area contributed by atoms with Crippen LogP contribution in [0.25, 0.3) is 0 Å². The van der Waals surface area contributed by atoms with Crippen molar-refractivity contribution < 1.29 is 36.6 Å². The summed E-state index contributed by atoms with van der Waals surface area (Å²) in [6, 6.07) is 7.40. The van der Waals surface area contributed by atoms with Crippen LogP contribution in [0.5, 0.6) is 0 Å². The van der Waals surface area contributed by atoms with Gasteiger partial charge in [0.05, 0.1) is 22.8 Å². The molecule has 15 heteroatoms. The van der Waals surface area contributed by atoms with Crippen molar-refractivity contribution in [3.8, 4) is 0 Å². The Bertz CT molecular complexity index is 1620. The van der Waals surface area contributed by atoms with Crippen molar-refractivity contribution >= 4 is 33.5 Å². The number of methoxy groups -OCH3 is 1. The van der Waals surface area contributed by atoms with E-state index in [-0.39, 0.29) is 42.1 Å². The first-order valence-electron chi connectivity index (χ1n) is 13.8. The molecular weight excluding hydrogens is 586 g/mol. The van der Waals surface area contributed by atoms with Gasteiger partial charge in [0.1, 0.15) is 11.6 Å². The highest BCUT2D eigenvalue weighted by molar-refractivity contribution is 7.89. The van der Waals surface area contributed by atoms with Gasteiger partial charge in [0.15, 0.2) is 5.82 Å². The molecule has 0 atom stereocenters. The second-order valence-electron chi connectivity index (χ2n) is 10.4. The number of amides is 1. The van der Waals surface area contributed by atoms with Gasteiger partial charge in [0, 0.05) is 57.0 Å². The van der Waals surface area contributed by atoms with Crippen molar-refractivity contribution in [3.05, 3.63) is 70.4 Å². The minimum Gasteiger partial charge on any atom is -0.463 e. The van der Waals surface area contributed by atoms with Gasteiger partial charge in [0.25, 0.3) is 5.91 Å². The Balaban J connectivity index is 1.43. The Morgan fingerprint density at radius 3 is 2.47 bits per heavy atom. The highest BCUT2D eigenvalue weighted by Crippen LogP contribution is 2.31. The molecule has 3 N–H and O–H groups in total. The maximum atomic E-state index is 13.8. The van der Waals surface area contributed by atoms with Crippen LogP contribution in [0.4, 0.5) is 25.1 Å². The molecule has 12 nitrogen and oxygen atoms in total. The highest BCUT2D eigenvalue weighted by atomic mass is 32.2. The second-order valence-corrected chi connectivity index (χ2v) is 12.3.